The molecule has 3 nitrogen and oxygen atoms in total. The van der Waals surface area contributed by atoms with Crippen LogP contribution in [0.1, 0.15) is 5.56 Å². The molecule has 0 aliphatic carbocycles. The fourth-order valence-corrected chi connectivity index (χ4v) is 1.99. The van der Waals surface area contributed by atoms with Gasteiger partial charge in [-0.25, -0.2) is 0 Å². The zero-order valence-corrected chi connectivity index (χ0v) is 9.29. The highest BCUT2D eigenvalue weighted by molar-refractivity contribution is 6.62. The van der Waals surface area contributed by atoms with Gasteiger partial charge in [-0.1, -0.05) is 41.4 Å². The fourth-order valence-electron chi connectivity index (χ4n) is 1.55. The number of amides is 1. The van der Waals surface area contributed by atoms with Gasteiger partial charge in [-0.3, -0.25) is 4.79 Å². The summed E-state index contributed by atoms with van der Waals surface area (Å²) < 4.78 is -1.30. The fraction of sp³-hybridized carbons (Fsp3) is 0.300. The molecule has 1 fully saturated rings. The third kappa shape index (κ3) is 1.71. The minimum atomic E-state index is -1.30. The number of carbonyl (C=O) groups excluding carboxylic acids is 1. The Bertz CT molecular complexity index is 406. The molecule has 15 heavy (non-hydrogen) atoms. The lowest BCUT2D eigenvalue weighted by Crippen LogP contribution is -2.60. The highest BCUT2D eigenvalue weighted by Gasteiger charge is 2.50. The van der Waals surface area contributed by atoms with Gasteiger partial charge in [-0.05, 0) is 6.07 Å². The Kier molecular flexibility index (Phi) is 2.63. The number of para-hydroxylation sites is 1. The van der Waals surface area contributed by atoms with Gasteiger partial charge in [-0.15, -0.1) is 0 Å². The van der Waals surface area contributed by atoms with Gasteiger partial charge in [0.05, 0.1) is 13.2 Å². The van der Waals surface area contributed by atoms with Crippen LogP contribution < -0.4 is 4.90 Å². The quantitative estimate of drug-likeness (QED) is 0.637. The summed E-state index contributed by atoms with van der Waals surface area (Å²) >= 11 is 11.4. The average molecular weight is 246 g/mol. The molecule has 1 saturated heterocycles. The van der Waals surface area contributed by atoms with Crippen molar-refractivity contribution in [1.82, 2.24) is 0 Å². The smallest absolute Gasteiger partial charge is 0.265 e. The van der Waals surface area contributed by atoms with Crippen molar-refractivity contribution in [3.05, 3.63) is 29.8 Å². The van der Waals surface area contributed by atoms with Crippen LogP contribution in [-0.2, 0) is 11.4 Å². The number of aliphatic hydroxyl groups excluding tert-OH is 1. The van der Waals surface area contributed by atoms with Crippen LogP contribution in [0.15, 0.2) is 24.3 Å². The molecule has 0 saturated carbocycles. The number of nitrogens with zero attached hydrogens (tertiary/aromatic N) is 1. The molecule has 1 aliphatic heterocycles. The molecule has 1 aromatic rings. The number of carbonyl (C=O) groups is 1. The van der Waals surface area contributed by atoms with Crippen LogP contribution in [-0.4, -0.2) is 21.9 Å². The first kappa shape index (κ1) is 10.7. The summed E-state index contributed by atoms with van der Waals surface area (Å²) in [4.78, 5) is 13.0. The molecule has 1 amide bonds. The second-order valence-corrected chi connectivity index (χ2v) is 4.87. The zero-order chi connectivity index (χ0) is 11.1. The van der Waals surface area contributed by atoms with Crippen molar-refractivity contribution in [2.45, 2.75) is 10.9 Å². The van der Waals surface area contributed by atoms with Crippen LogP contribution in [0.3, 0.4) is 0 Å². The Labute approximate surface area is 97.2 Å². The first-order chi connectivity index (χ1) is 7.06. The molecule has 1 aliphatic rings. The lowest BCUT2D eigenvalue weighted by molar-refractivity contribution is -0.122. The van der Waals surface area contributed by atoms with E-state index in [9.17, 15) is 4.79 Å². The van der Waals surface area contributed by atoms with Crippen LogP contribution in [0, 0.1) is 0 Å². The Hall–Kier alpha value is -0.770. The number of hydrogen-bond acceptors (Lipinski definition) is 2. The van der Waals surface area contributed by atoms with Crippen LogP contribution in [0.5, 0.6) is 0 Å². The number of hydrogen-bond donors (Lipinski definition) is 1. The number of rotatable bonds is 2. The van der Waals surface area contributed by atoms with Crippen molar-refractivity contribution < 1.29 is 9.90 Å². The third-order valence-corrected chi connectivity index (χ3v) is 2.93. The maximum Gasteiger partial charge on any atom is 0.265 e. The Morgan fingerprint density at radius 3 is 2.60 bits per heavy atom. The molecule has 1 aromatic carbocycles. The van der Waals surface area contributed by atoms with E-state index in [4.69, 9.17) is 28.3 Å². The average Bonchev–Trinajstić information content (AvgIpc) is 2.25. The molecule has 1 heterocycles. The zero-order valence-electron chi connectivity index (χ0n) is 7.78. The van der Waals surface area contributed by atoms with E-state index in [2.05, 4.69) is 0 Å². The van der Waals surface area contributed by atoms with Crippen LogP contribution in [0.4, 0.5) is 5.69 Å². The number of alkyl halides is 2. The van der Waals surface area contributed by atoms with E-state index >= 15 is 0 Å². The molecule has 0 atom stereocenters. The predicted molar refractivity (Wildman–Crippen MR) is 59.2 cm³/mol. The predicted octanol–water partition coefficient (Wildman–Crippen LogP) is 1.70. The summed E-state index contributed by atoms with van der Waals surface area (Å²) in [5, 5.41) is 9.10. The molecule has 5 heteroatoms. The van der Waals surface area contributed by atoms with Gasteiger partial charge < -0.3 is 10.0 Å². The standard InChI is InChI=1S/C10H9Cl2NO2/c11-10(12)6-13(9(10)15)8-4-2-1-3-7(8)5-14/h1-4,14H,5-6H2. The Balaban J connectivity index is 2.29. The van der Waals surface area contributed by atoms with Crippen molar-refractivity contribution in [2.24, 2.45) is 0 Å². The molecule has 2 rings (SSSR count). The van der Waals surface area contributed by atoms with Gasteiger partial charge >= 0.3 is 0 Å². The van der Waals surface area contributed by atoms with Crippen molar-refractivity contribution in [1.29, 1.82) is 0 Å². The summed E-state index contributed by atoms with van der Waals surface area (Å²) in [7, 11) is 0. The van der Waals surface area contributed by atoms with E-state index in [-0.39, 0.29) is 19.1 Å². The van der Waals surface area contributed by atoms with E-state index in [1.165, 1.54) is 4.90 Å². The minimum absolute atomic E-state index is 0.114. The van der Waals surface area contributed by atoms with E-state index < -0.39 is 4.33 Å². The summed E-state index contributed by atoms with van der Waals surface area (Å²) in [5.74, 6) is -0.341. The summed E-state index contributed by atoms with van der Waals surface area (Å²) in [5.41, 5.74) is 1.36. The minimum Gasteiger partial charge on any atom is -0.392 e. The van der Waals surface area contributed by atoms with Gasteiger partial charge in [0.1, 0.15) is 0 Å². The lowest BCUT2D eigenvalue weighted by Gasteiger charge is -2.41. The normalized spacial score (nSPS) is 18.9. The van der Waals surface area contributed by atoms with Gasteiger partial charge in [-0.2, -0.15) is 0 Å². The largest absolute Gasteiger partial charge is 0.392 e. The molecular formula is C10H9Cl2NO2. The number of benzene rings is 1. The highest BCUT2D eigenvalue weighted by Crippen LogP contribution is 2.38. The first-order valence-electron chi connectivity index (χ1n) is 4.45. The second-order valence-electron chi connectivity index (χ2n) is 3.38. The SMILES string of the molecule is O=C1N(c2ccccc2CO)CC1(Cl)Cl. The summed E-state index contributed by atoms with van der Waals surface area (Å²) in [6.45, 7) is 0.142. The highest BCUT2D eigenvalue weighted by atomic mass is 35.5. The number of aliphatic hydroxyl groups is 1. The number of halogens is 2. The molecule has 0 unspecified atom stereocenters. The monoisotopic (exact) mass is 245 g/mol. The third-order valence-electron chi connectivity index (χ3n) is 2.37. The van der Waals surface area contributed by atoms with Crippen LogP contribution >= 0.6 is 23.2 Å². The summed E-state index contributed by atoms with van der Waals surface area (Å²) in [6.07, 6.45) is 0. The number of anilines is 1. The maximum atomic E-state index is 11.5. The van der Waals surface area contributed by atoms with E-state index in [0.29, 0.717) is 11.3 Å². The van der Waals surface area contributed by atoms with Crippen molar-refractivity contribution >= 4 is 34.8 Å². The molecule has 1 N–H and O–H groups in total. The Morgan fingerprint density at radius 1 is 1.40 bits per heavy atom. The molecular weight excluding hydrogens is 237 g/mol. The lowest BCUT2D eigenvalue weighted by atomic mass is 10.1. The van der Waals surface area contributed by atoms with Crippen molar-refractivity contribution in [3.8, 4) is 0 Å². The second kappa shape index (κ2) is 3.67. The molecule has 80 valence electrons. The molecule has 0 aromatic heterocycles. The molecule has 0 spiro atoms. The number of β-lactam (4-membered cyclic amide) rings is 1. The van der Waals surface area contributed by atoms with Gasteiger partial charge in [0.15, 0.2) is 0 Å². The van der Waals surface area contributed by atoms with E-state index in [1.807, 2.05) is 0 Å². The van der Waals surface area contributed by atoms with Crippen LogP contribution in [0.25, 0.3) is 0 Å². The first-order valence-corrected chi connectivity index (χ1v) is 5.20. The molecule has 0 radical (unpaired) electrons. The van der Waals surface area contributed by atoms with Gasteiger partial charge in [0, 0.05) is 11.3 Å². The van der Waals surface area contributed by atoms with E-state index in [0.717, 1.165) is 0 Å². The topological polar surface area (TPSA) is 40.5 Å². The van der Waals surface area contributed by atoms with Crippen molar-refractivity contribution in [3.63, 3.8) is 0 Å². The van der Waals surface area contributed by atoms with Gasteiger partial charge in [0.2, 0.25) is 4.33 Å². The van der Waals surface area contributed by atoms with E-state index in [1.54, 1.807) is 24.3 Å². The van der Waals surface area contributed by atoms with Crippen LogP contribution in [0.2, 0.25) is 0 Å². The van der Waals surface area contributed by atoms with Gasteiger partial charge in [0.25, 0.3) is 5.91 Å². The summed E-state index contributed by atoms with van der Waals surface area (Å²) in [6, 6.07) is 7.11. The maximum absolute atomic E-state index is 11.5. The molecule has 0 bridgehead atoms. The van der Waals surface area contributed by atoms with Crippen molar-refractivity contribution in [2.75, 3.05) is 11.4 Å². The Morgan fingerprint density at radius 2 is 2.07 bits per heavy atom.